The lowest BCUT2D eigenvalue weighted by Gasteiger charge is -2.48. The van der Waals surface area contributed by atoms with E-state index in [1.54, 1.807) is 6.26 Å². The van der Waals surface area contributed by atoms with Crippen LogP contribution in [0, 0.1) is 0 Å². The van der Waals surface area contributed by atoms with Crippen LogP contribution in [0.15, 0.2) is 23.0 Å². The fourth-order valence-electron chi connectivity index (χ4n) is 3.02. The Balaban J connectivity index is 1.99. The molecule has 4 nitrogen and oxygen atoms in total. The van der Waals surface area contributed by atoms with Crippen molar-refractivity contribution in [3.63, 3.8) is 0 Å². The fourth-order valence-corrected chi connectivity index (χ4v) is 3.02. The standard InChI is InChI=1S/C15H27N3O/c1-13(2)18-7-5-15(12-16,6-8-18)17(3)10-14-4-9-19-11-14/h4,9,11,13H,5-8,10,12,16H2,1-3H3. The minimum absolute atomic E-state index is 0.142. The summed E-state index contributed by atoms with van der Waals surface area (Å²) in [6.45, 7) is 8.47. The second kappa shape index (κ2) is 6.07. The van der Waals surface area contributed by atoms with Crippen molar-refractivity contribution in [1.82, 2.24) is 9.80 Å². The number of likely N-dealkylation sites (N-methyl/N-ethyl adjacent to an activating group) is 1. The first-order valence-corrected chi connectivity index (χ1v) is 7.24. The van der Waals surface area contributed by atoms with Crippen molar-refractivity contribution in [3.8, 4) is 0 Å². The van der Waals surface area contributed by atoms with Crippen molar-refractivity contribution < 1.29 is 4.42 Å². The van der Waals surface area contributed by atoms with E-state index in [1.807, 2.05) is 12.3 Å². The second-order valence-corrected chi connectivity index (χ2v) is 6.05. The van der Waals surface area contributed by atoms with E-state index < -0.39 is 0 Å². The highest BCUT2D eigenvalue weighted by atomic mass is 16.3. The average Bonchev–Trinajstić information content (AvgIpc) is 2.91. The van der Waals surface area contributed by atoms with Crippen molar-refractivity contribution >= 4 is 0 Å². The van der Waals surface area contributed by atoms with Gasteiger partial charge in [-0.2, -0.15) is 0 Å². The number of likely N-dealkylation sites (tertiary alicyclic amines) is 1. The summed E-state index contributed by atoms with van der Waals surface area (Å²) < 4.78 is 5.15. The molecule has 1 aromatic heterocycles. The summed E-state index contributed by atoms with van der Waals surface area (Å²) in [6, 6.07) is 2.67. The van der Waals surface area contributed by atoms with E-state index in [0.29, 0.717) is 6.04 Å². The third kappa shape index (κ3) is 3.19. The molecule has 0 radical (unpaired) electrons. The monoisotopic (exact) mass is 265 g/mol. The smallest absolute Gasteiger partial charge is 0.0947 e. The van der Waals surface area contributed by atoms with Gasteiger partial charge < -0.3 is 15.1 Å². The SMILES string of the molecule is CC(C)N1CCC(CN)(N(C)Cc2ccoc2)CC1. The summed E-state index contributed by atoms with van der Waals surface area (Å²) in [5.41, 5.74) is 7.47. The number of nitrogens with two attached hydrogens (primary N) is 1. The van der Waals surface area contributed by atoms with Crippen LogP contribution < -0.4 is 5.73 Å². The number of rotatable bonds is 5. The quantitative estimate of drug-likeness (QED) is 0.883. The zero-order chi connectivity index (χ0) is 13.9. The van der Waals surface area contributed by atoms with Crippen LogP contribution >= 0.6 is 0 Å². The predicted molar refractivity (Wildman–Crippen MR) is 77.9 cm³/mol. The maximum absolute atomic E-state index is 6.11. The molecule has 0 unspecified atom stereocenters. The molecule has 1 aliphatic rings. The van der Waals surface area contributed by atoms with Crippen LogP contribution in [0.4, 0.5) is 0 Å². The molecule has 1 aromatic rings. The Kier molecular flexibility index (Phi) is 4.66. The molecular weight excluding hydrogens is 238 g/mol. The first kappa shape index (κ1) is 14.6. The summed E-state index contributed by atoms with van der Waals surface area (Å²) in [5.74, 6) is 0. The van der Waals surface area contributed by atoms with E-state index in [9.17, 15) is 0 Å². The number of nitrogens with zero attached hydrogens (tertiary/aromatic N) is 2. The summed E-state index contributed by atoms with van der Waals surface area (Å²) >= 11 is 0. The largest absolute Gasteiger partial charge is 0.472 e. The Morgan fingerprint density at radius 1 is 1.42 bits per heavy atom. The average molecular weight is 265 g/mol. The Bertz CT molecular complexity index is 367. The van der Waals surface area contributed by atoms with Gasteiger partial charge >= 0.3 is 0 Å². The fraction of sp³-hybridized carbons (Fsp3) is 0.733. The van der Waals surface area contributed by atoms with Crippen LogP contribution in [0.1, 0.15) is 32.3 Å². The molecule has 2 N–H and O–H groups in total. The zero-order valence-corrected chi connectivity index (χ0v) is 12.4. The van der Waals surface area contributed by atoms with Gasteiger partial charge in [0, 0.05) is 43.3 Å². The molecule has 0 aromatic carbocycles. The molecule has 0 spiro atoms. The summed E-state index contributed by atoms with van der Waals surface area (Å²) in [6.07, 6.45) is 5.86. The molecular formula is C15H27N3O. The van der Waals surface area contributed by atoms with Crippen molar-refractivity contribution in [3.05, 3.63) is 24.2 Å². The van der Waals surface area contributed by atoms with E-state index in [2.05, 4.69) is 30.7 Å². The van der Waals surface area contributed by atoms with Crippen LogP contribution in [-0.4, -0.2) is 48.1 Å². The molecule has 0 atom stereocenters. The predicted octanol–water partition coefficient (Wildman–Crippen LogP) is 1.91. The van der Waals surface area contributed by atoms with Gasteiger partial charge in [0.05, 0.1) is 12.5 Å². The molecule has 1 fully saturated rings. The lowest BCUT2D eigenvalue weighted by Crippen LogP contribution is -2.58. The third-order valence-electron chi connectivity index (χ3n) is 4.65. The van der Waals surface area contributed by atoms with E-state index in [4.69, 9.17) is 10.2 Å². The minimum Gasteiger partial charge on any atom is -0.472 e. The number of furan rings is 1. The second-order valence-electron chi connectivity index (χ2n) is 6.05. The van der Waals surface area contributed by atoms with Crippen molar-refractivity contribution in [2.75, 3.05) is 26.7 Å². The van der Waals surface area contributed by atoms with Crippen molar-refractivity contribution in [2.24, 2.45) is 5.73 Å². The van der Waals surface area contributed by atoms with Gasteiger partial charge in [0.1, 0.15) is 0 Å². The topological polar surface area (TPSA) is 45.6 Å². The van der Waals surface area contributed by atoms with Gasteiger partial charge in [-0.05, 0) is 39.8 Å². The van der Waals surface area contributed by atoms with Crippen LogP contribution in [0.2, 0.25) is 0 Å². The highest BCUT2D eigenvalue weighted by Gasteiger charge is 2.37. The van der Waals surface area contributed by atoms with Gasteiger partial charge in [-0.1, -0.05) is 0 Å². The van der Waals surface area contributed by atoms with Crippen LogP contribution in [0.3, 0.4) is 0 Å². The van der Waals surface area contributed by atoms with Gasteiger partial charge in [-0.25, -0.2) is 0 Å². The molecule has 19 heavy (non-hydrogen) atoms. The Hall–Kier alpha value is -0.840. The molecule has 2 rings (SSSR count). The maximum Gasteiger partial charge on any atom is 0.0947 e. The Morgan fingerprint density at radius 3 is 2.58 bits per heavy atom. The number of hydrogen-bond acceptors (Lipinski definition) is 4. The van der Waals surface area contributed by atoms with E-state index >= 15 is 0 Å². The van der Waals surface area contributed by atoms with Crippen molar-refractivity contribution in [2.45, 2.75) is 44.8 Å². The molecule has 0 saturated carbocycles. The minimum atomic E-state index is 0.142. The van der Waals surface area contributed by atoms with E-state index in [0.717, 1.165) is 39.0 Å². The van der Waals surface area contributed by atoms with Gasteiger partial charge in [0.15, 0.2) is 0 Å². The first-order valence-electron chi connectivity index (χ1n) is 7.24. The molecule has 0 bridgehead atoms. The Labute approximate surface area is 116 Å². The normalized spacial score (nSPS) is 20.3. The third-order valence-corrected chi connectivity index (χ3v) is 4.65. The van der Waals surface area contributed by atoms with Crippen LogP contribution in [0.5, 0.6) is 0 Å². The lowest BCUT2D eigenvalue weighted by molar-refractivity contribution is 0.0297. The molecule has 1 aliphatic heterocycles. The molecule has 0 aliphatic carbocycles. The van der Waals surface area contributed by atoms with Crippen LogP contribution in [-0.2, 0) is 6.54 Å². The summed E-state index contributed by atoms with van der Waals surface area (Å²) in [7, 11) is 2.19. The lowest BCUT2D eigenvalue weighted by atomic mass is 9.85. The molecule has 0 amide bonds. The van der Waals surface area contributed by atoms with Gasteiger partial charge in [-0.15, -0.1) is 0 Å². The van der Waals surface area contributed by atoms with Crippen molar-refractivity contribution in [1.29, 1.82) is 0 Å². The van der Waals surface area contributed by atoms with Crippen LogP contribution in [0.25, 0.3) is 0 Å². The molecule has 2 heterocycles. The highest BCUT2D eigenvalue weighted by Crippen LogP contribution is 2.29. The molecule has 1 saturated heterocycles. The van der Waals surface area contributed by atoms with E-state index in [-0.39, 0.29) is 5.54 Å². The van der Waals surface area contributed by atoms with Gasteiger partial charge in [0.25, 0.3) is 0 Å². The highest BCUT2D eigenvalue weighted by molar-refractivity contribution is 5.07. The number of piperidine rings is 1. The van der Waals surface area contributed by atoms with Gasteiger partial charge in [-0.3, -0.25) is 4.90 Å². The summed E-state index contributed by atoms with van der Waals surface area (Å²) in [4.78, 5) is 4.95. The maximum atomic E-state index is 6.11. The van der Waals surface area contributed by atoms with E-state index in [1.165, 1.54) is 5.56 Å². The number of hydrogen-bond donors (Lipinski definition) is 1. The Morgan fingerprint density at radius 2 is 2.11 bits per heavy atom. The molecule has 4 heteroatoms. The zero-order valence-electron chi connectivity index (χ0n) is 12.4. The first-order chi connectivity index (χ1) is 9.07. The van der Waals surface area contributed by atoms with Gasteiger partial charge in [0.2, 0.25) is 0 Å². The summed E-state index contributed by atoms with van der Waals surface area (Å²) in [5, 5.41) is 0. The molecule has 108 valence electrons.